The molecule has 0 aromatic heterocycles. The number of halogens is 1. The lowest BCUT2D eigenvalue weighted by atomic mass is 10.0. The highest BCUT2D eigenvalue weighted by molar-refractivity contribution is 7.75. The van der Waals surface area contributed by atoms with E-state index in [1.807, 2.05) is 0 Å². The van der Waals surface area contributed by atoms with Crippen molar-refractivity contribution in [1.82, 2.24) is 0 Å². The van der Waals surface area contributed by atoms with Gasteiger partial charge in [-0.15, -0.1) is 0 Å². The van der Waals surface area contributed by atoms with Crippen LogP contribution in [0.3, 0.4) is 0 Å². The van der Waals surface area contributed by atoms with E-state index in [-0.39, 0.29) is 32.2 Å². The molecule has 0 aliphatic rings. The highest BCUT2D eigenvalue weighted by Crippen LogP contribution is 2.60. The molecule has 0 unspecified atom stereocenters. The third-order valence-electron chi connectivity index (χ3n) is 6.86. The molecule has 0 amide bonds. The van der Waals surface area contributed by atoms with Gasteiger partial charge < -0.3 is 27.7 Å². The monoisotopic (exact) mass is 496 g/mol. The van der Waals surface area contributed by atoms with Crippen molar-refractivity contribution in [3.05, 3.63) is 0 Å². The Balaban J connectivity index is 0. The molecule has 5 heteroatoms. The van der Waals surface area contributed by atoms with Crippen molar-refractivity contribution in [2.45, 2.75) is 129 Å². The Morgan fingerprint density at radius 2 is 0.625 bits per heavy atom. The molecule has 32 heavy (non-hydrogen) atoms. The molecule has 0 bridgehead atoms. The summed E-state index contributed by atoms with van der Waals surface area (Å²) < 4.78 is 0. The van der Waals surface area contributed by atoms with Crippen LogP contribution in [0, 0.1) is 0 Å². The summed E-state index contributed by atoms with van der Waals surface area (Å²) in [5.74, 6) is 0. The van der Waals surface area contributed by atoms with E-state index < -0.39 is 7.26 Å². The van der Waals surface area contributed by atoms with Crippen LogP contribution in [0.1, 0.15) is 129 Å². The minimum Gasteiger partial charge on any atom is -1.00 e. The van der Waals surface area contributed by atoms with E-state index in [2.05, 4.69) is 6.92 Å². The van der Waals surface area contributed by atoms with E-state index in [0.29, 0.717) is 0 Å². The summed E-state index contributed by atoms with van der Waals surface area (Å²) in [6, 6.07) is 0. The van der Waals surface area contributed by atoms with Crippen molar-refractivity contribution in [3.63, 3.8) is 0 Å². The van der Waals surface area contributed by atoms with E-state index in [1.165, 1.54) is 109 Å². The molecule has 0 atom stereocenters. The number of hydrogen-bond donors (Lipinski definition) is 3. The quantitative estimate of drug-likeness (QED) is 0.123. The van der Waals surface area contributed by atoms with Crippen LogP contribution < -0.4 is 12.4 Å². The standard InChI is InChI=1S/C27H58O3P.ClH/c1-2-3-4-5-6-7-8-9-10-11-12-13-14-15-16-17-24-31(25-18-21-28,26-19-22-29)27-20-23-30;/h28-30H,2-27H2,1H3;1H/q+1;/p-1. The third-order valence-corrected chi connectivity index (χ3v) is 11.9. The molecule has 0 fully saturated rings. The van der Waals surface area contributed by atoms with Gasteiger partial charge in [0, 0.05) is 46.3 Å². The number of aliphatic hydroxyl groups is 3. The number of hydrogen-bond acceptors (Lipinski definition) is 3. The van der Waals surface area contributed by atoms with E-state index in [9.17, 15) is 15.3 Å². The molecule has 0 aromatic carbocycles. The van der Waals surface area contributed by atoms with E-state index >= 15 is 0 Å². The molecular weight excluding hydrogens is 439 g/mol. The van der Waals surface area contributed by atoms with Gasteiger partial charge in [-0.3, -0.25) is 0 Å². The summed E-state index contributed by atoms with van der Waals surface area (Å²) in [5.41, 5.74) is 0. The van der Waals surface area contributed by atoms with Gasteiger partial charge in [-0.25, -0.2) is 0 Å². The number of rotatable bonds is 26. The van der Waals surface area contributed by atoms with Crippen LogP contribution in [0.5, 0.6) is 0 Å². The summed E-state index contributed by atoms with van der Waals surface area (Å²) in [6.07, 6.45) is 29.9. The Hall–Kier alpha value is 0.600. The number of unbranched alkanes of at least 4 members (excludes halogenated alkanes) is 15. The van der Waals surface area contributed by atoms with E-state index in [1.54, 1.807) is 0 Å². The Morgan fingerprint density at radius 3 is 0.906 bits per heavy atom. The lowest BCUT2D eigenvalue weighted by molar-refractivity contribution is -0.0000101. The molecular formula is C27H58ClO3P. The smallest absolute Gasteiger partial charge is 0.0616 e. The molecule has 0 heterocycles. The fourth-order valence-corrected chi connectivity index (χ4v) is 9.56. The summed E-state index contributed by atoms with van der Waals surface area (Å²) in [5, 5.41) is 27.9. The highest BCUT2D eigenvalue weighted by Gasteiger charge is 2.34. The summed E-state index contributed by atoms with van der Waals surface area (Å²) >= 11 is 0. The van der Waals surface area contributed by atoms with Gasteiger partial charge in [0.05, 0.1) is 24.6 Å². The van der Waals surface area contributed by atoms with E-state index in [0.717, 1.165) is 37.7 Å². The van der Waals surface area contributed by atoms with Gasteiger partial charge in [-0.2, -0.15) is 0 Å². The number of aliphatic hydroxyl groups excluding tert-OH is 3. The zero-order valence-electron chi connectivity index (χ0n) is 21.6. The molecule has 196 valence electrons. The minimum atomic E-state index is -1.11. The van der Waals surface area contributed by atoms with E-state index in [4.69, 9.17) is 0 Å². The molecule has 0 aliphatic heterocycles. The molecule has 0 spiro atoms. The second-order valence-electron chi connectivity index (χ2n) is 9.77. The van der Waals surface area contributed by atoms with Crippen LogP contribution in [0.4, 0.5) is 0 Å². The summed E-state index contributed by atoms with van der Waals surface area (Å²) in [6.45, 7) is 3.12. The molecule has 0 saturated heterocycles. The van der Waals surface area contributed by atoms with Crippen molar-refractivity contribution >= 4 is 7.26 Å². The van der Waals surface area contributed by atoms with Crippen molar-refractivity contribution < 1.29 is 27.7 Å². The molecule has 0 rings (SSSR count). The summed E-state index contributed by atoms with van der Waals surface area (Å²) in [4.78, 5) is 0. The largest absolute Gasteiger partial charge is 1.00 e. The average Bonchev–Trinajstić information content (AvgIpc) is 2.79. The summed E-state index contributed by atoms with van der Waals surface area (Å²) in [7, 11) is -1.11. The van der Waals surface area contributed by atoms with Gasteiger partial charge in [0.25, 0.3) is 0 Å². The highest BCUT2D eigenvalue weighted by atomic mass is 35.5. The van der Waals surface area contributed by atoms with Gasteiger partial charge in [0.2, 0.25) is 0 Å². The van der Waals surface area contributed by atoms with Gasteiger partial charge in [0.15, 0.2) is 0 Å². The van der Waals surface area contributed by atoms with Crippen molar-refractivity contribution in [1.29, 1.82) is 0 Å². The third kappa shape index (κ3) is 22.4. The zero-order valence-corrected chi connectivity index (χ0v) is 23.2. The zero-order chi connectivity index (χ0) is 22.9. The Bertz CT molecular complexity index is 323. The van der Waals surface area contributed by atoms with Gasteiger partial charge in [-0.05, 0) is 12.8 Å². The van der Waals surface area contributed by atoms with Crippen molar-refractivity contribution in [2.75, 3.05) is 44.5 Å². The predicted molar refractivity (Wildman–Crippen MR) is 141 cm³/mol. The van der Waals surface area contributed by atoms with Crippen LogP contribution in [-0.4, -0.2) is 59.8 Å². The van der Waals surface area contributed by atoms with Crippen LogP contribution >= 0.6 is 7.26 Å². The fourth-order valence-electron chi connectivity index (χ4n) is 4.88. The first-order valence-electron chi connectivity index (χ1n) is 13.9. The maximum atomic E-state index is 9.31. The molecule has 3 N–H and O–H groups in total. The topological polar surface area (TPSA) is 60.7 Å². The van der Waals surface area contributed by atoms with Crippen LogP contribution in [-0.2, 0) is 0 Å². The van der Waals surface area contributed by atoms with Gasteiger partial charge >= 0.3 is 0 Å². The maximum Gasteiger partial charge on any atom is 0.0616 e. The van der Waals surface area contributed by atoms with Crippen LogP contribution in [0.25, 0.3) is 0 Å². The second-order valence-corrected chi connectivity index (χ2v) is 14.2. The SMILES string of the molecule is CCCCCCCCCCCCCCCCCC[P+](CCCO)(CCCO)CCCO.[Cl-]. The Morgan fingerprint density at radius 1 is 0.375 bits per heavy atom. The van der Waals surface area contributed by atoms with Crippen LogP contribution in [0.2, 0.25) is 0 Å². The lowest BCUT2D eigenvalue weighted by Crippen LogP contribution is -3.00. The predicted octanol–water partition coefficient (Wildman–Crippen LogP) is 4.42. The first-order chi connectivity index (χ1) is 15.2. The van der Waals surface area contributed by atoms with Crippen LogP contribution in [0.15, 0.2) is 0 Å². The first kappa shape index (κ1) is 34.8. The molecule has 3 nitrogen and oxygen atoms in total. The van der Waals surface area contributed by atoms with Gasteiger partial charge in [-0.1, -0.05) is 96.8 Å². The minimum absolute atomic E-state index is 0. The Labute approximate surface area is 208 Å². The van der Waals surface area contributed by atoms with Crippen molar-refractivity contribution in [2.24, 2.45) is 0 Å². The molecule has 0 aromatic rings. The average molecular weight is 497 g/mol. The normalized spacial score (nSPS) is 11.6. The molecule has 0 saturated carbocycles. The first-order valence-corrected chi connectivity index (χ1v) is 16.5. The fraction of sp³-hybridized carbons (Fsp3) is 1.00. The molecule has 0 aliphatic carbocycles. The lowest BCUT2D eigenvalue weighted by Gasteiger charge is -2.27. The van der Waals surface area contributed by atoms with Crippen molar-refractivity contribution in [3.8, 4) is 0 Å². The molecule has 0 radical (unpaired) electrons. The maximum absolute atomic E-state index is 9.31. The second kappa shape index (κ2) is 27.8. The van der Waals surface area contributed by atoms with Gasteiger partial charge in [0.1, 0.15) is 0 Å². The Kier molecular flexibility index (Phi) is 30.2.